The summed E-state index contributed by atoms with van der Waals surface area (Å²) >= 11 is 0. The molecule has 2 N–H and O–H groups in total. The van der Waals surface area contributed by atoms with Crippen molar-refractivity contribution in [3.05, 3.63) is 67.4 Å². The van der Waals surface area contributed by atoms with Crippen molar-refractivity contribution in [1.29, 1.82) is 5.26 Å². The Balaban J connectivity index is 1.57. The molecule has 0 saturated heterocycles. The van der Waals surface area contributed by atoms with Crippen molar-refractivity contribution in [2.24, 2.45) is 13.0 Å². The number of rotatable bonds is 8. The lowest BCUT2D eigenvalue weighted by molar-refractivity contribution is -0.123. The number of hydrogen-bond donors (Lipinski definition) is 2. The van der Waals surface area contributed by atoms with E-state index in [2.05, 4.69) is 38.5 Å². The van der Waals surface area contributed by atoms with Crippen LogP contribution in [0.2, 0.25) is 0 Å². The lowest BCUT2D eigenvalue weighted by Gasteiger charge is -2.11. The van der Waals surface area contributed by atoms with Crippen LogP contribution < -0.4 is 10.6 Å². The Morgan fingerprint density at radius 1 is 1.18 bits per heavy atom. The zero-order chi connectivity index (χ0) is 23.4. The van der Waals surface area contributed by atoms with E-state index in [1.165, 1.54) is 0 Å². The van der Waals surface area contributed by atoms with Crippen LogP contribution in [0.5, 0.6) is 0 Å². The zero-order valence-electron chi connectivity index (χ0n) is 18.5. The predicted octanol–water partition coefficient (Wildman–Crippen LogP) is 3.02. The van der Waals surface area contributed by atoms with Crippen LogP contribution in [0.1, 0.15) is 12.5 Å². The minimum Gasteiger partial charge on any atom is -0.368 e. The van der Waals surface area contributed by atoms with Crippen molar-refractivity contribution >= 4 is 17.2 Å². The second kappa shape index (κ2) is 9.36. The second-order valence-corrected chi connectivity index (χ2v) is 7.68. The first kappa shape index (κ1) is 21.8. The molecule has 4 aromatic heterocycles. The van der Waals surface area contributed by atoms with E-state index in [4.69, 9.17) is 0 Å². The third-order valence-corrected chi connectivity index (χ3v) is 5.34. The Labute approximate surface area is 191 Å². The number of hydrogen-bond acceptors (Lipinski definition) is 6. The fourth-order valence-corrected chi connectivity index (χ4v) is 3.45. The number of carbonyl (C=O) groups is 1. The summed E-state index contributed by atoms with van der Waals surface area (Å²) in [5.74, 6) is 0.420. The third-order valence-electron chi connectivity index (χ3n) is 5.34. The monoisotopic (exact) mass is 440 g/mol. The van der Waals surface area contributed by atoms with E-state index in [0.717, 1.165) is 27.8 Å². The summed E-state index contributed by atoms with van der Waals surface area (Å²) in [5, 5.41) is 24.2. The molecule has 4 aromatic rings. The van der Waals surface area contributed by atoms with Gasteiger partial charge in [0.1, 0.15) is 11.9 Å². The highest BCUT2D eigenvalue weighted by molar-refractivity contribution is 5.87. The summed E-state index contributed by atoms with van der Waals surface area (Å²) < 4.78 is 3.46. The van der Waals surface area contributed by atoms with Gasteiger partial charge in [-0.15, -0.1) is 6.58 Å². The molecule has 9 nitrogen and oxygen atoms in total. The van der Waals surface area contributed by atoms with Gasteiger partial charge in [-0.1, -0.05) is 13.0 Å². The Morgan fingerprint density at radius 3 is 2.70 bits per heavy atom. The largest absolute Gasteiger partial charge is 0.368 e. The number of amides is 1. The van der Waals surface area contributed by atoms with Gasteiger partial charge in [0, 0.05) is 61.0 Å². The Hall–Kier alpha value is -4.45. The molecule has 4 rings (SSSR count). The van der Waals surface area contributed by atoms with E-state index >= 15 is 0 Å². The molecular weight excluding hydrogens is 416 g/mol. The normalized spacial score (nSPS) is 11.7. The Morgan fingerprint density at radius 2 is 2.03 bits per heavy atom. The highest BCUT2D eigenvalue weighted by atomic mass is 16.1. The molecule has 1 amide bonds. The van der Waals surface area contributed by atoms with Crippen LogP contribution in [0.25, 0.3) is 27.8 Å². The molecule has 0 aliphatic rings. The van der Waals surface area contributed by atoms with Gasteiger partial charge in [0.05, 0.1) is 29.4 Å². The molecule has 0 saturated carbocycles. The summed E-state index contributed by atoms with van der Waals surface area (Å²) in [6.45, 7) is 6.45. The molecule has 0 aromatic carbocycles. The fraction of sp³-hybridized carbons (Fsp3) is 0.208. The van der Waals surface area contributed by atoms with E-state index in [1.54, 1.807) is 40.8 Å². The quantitative estimate of drug-likeness (QED) is 0.322. The summed E-state index contributed by atoms with van der Waals surface area (Å²) in [6, 6.07) is 8.06. The predicted molar refractivity (Wildman–Crippen MR) is 126 cm³/mol. The van der Waals surface area contributed by atoms with Gasteiger partial charge in [-0.25, -0.2) is 9.50 Å². The fourth-order valence-electron chi connectivity index (χ4n) is 3.45. The summed E-state index contributed by atoms with van der Waals surface area (Å²) in [6.07, 6.45) is 10.6. The maximum atomic E-state index is 11.8. The molecule has 0 bridgehead atoms. The van der Waals surface area contributed by atoms with Crippen molar-refractivity contribution in [1.82, 2.24) is 29.7 Å². The lowest BCUT2D eigenvalue weighted by atomic mass is 10.0. The smallest absolute Gasteiger partial charge is 0.226 e. The van der Waals surface area contributed by atoms with Crippen LogP contribution in [-0.4, -0.2) is 43.4 Å². The number of nitriles is 1. The maximum absolute atomic E-state index is 11.8. The average Bonchev–Trinajstić information content (AvgIpc) is 3.46. The molecule has 166 valence electrons. The molecule has 0 fully saturated rings. The molecule has 4 heterocycles. The number of aromatic nitrogens is 5. The number of aryl methyl sites for hydroxylation is 1. The van der Waals surface area contributed by atoms with Gasteiger partial charge in [-0.2, -0.15) is 15.5 Å². The number of fused-ring (bicyclic) bond motifs is 1. The SMILES string of the molecule is C=CC(C)C(=O)NCCNc1ccc(-c2cc(-c3cnn(C)c3)cn3ncc(C#N)c23)cn1. The Bertz CT molecular complexity index is 1340. The topological polar surface area (TPSA) is 113 Å². The van der Waals surface area contributed by atoms with E-state index in [0.29, 0.717) is 24.5 Å². The van der Waals surface area contributed by atoms with E-state index in [1.807, 2.05) is 37.6 Å². The number of pyridine rings is 2. The highest BCUT2D eigenvalue weighted by Gasteiger charge is 2.15. The van der Waals surface area contributed by atoms with Gasteiger partial charge < -0.3 is 10.6 Å². The van der Waals surface area contributed by atoms with Gasteiger partial charge in [-0.05, 0) is 18.2 Å². The first-order valence-corrected chi connectivity index (χ1v) is 10.5. The summed E-state index contributed by atoms with van der Waals surface area (Å²) in [7, 11) is 1.87. The number of nitrogens with one attached hydrogen (secondary N) is 2. The van der Waals surface area contributed by atoms with Crippen LogP contribution >= 0.6 is 0 Å². The molecular formula is C24H24N8O. The molecule has 0 radical (unpaired) electrons. The summed E-state index contributed by atoms with van der Waals surface area (Å²) in [4.78, 5) is 16.3. The zero-order valence-corrected chi connectivity index (χ0v) is 18.5. The average molecular weight is 441 g/mol. The van der Waals surface area contributed by atoms with Gasteiger partial charge in [0.2, 0.25) is 5.91 Å². The molecule has 0 spiro atoms. The maximum Gasteiger partial charge on any atom is 0.226 e. The van der Waals surface area contributed by atoms with Crippen LogP contribution in [0.3, 0.4) is 0 Å². The lowest BCUT2D eigenvalue weighted by Crippen LogP contribution is -2.32. The van der Waals surface area contributed by atoms with Crippen molar-refractivity contribution in [3.8, 4) is 28.3 Å². The van der Waals surface area contributed by atoms with Gasteiger partial charge in [0.15, 0.2) is 0 Å². The standard InChI is InChI=1S/C24H24N8O/c1-4-16(2)24(33)27-8-7-26-22-6-5-17(11-28-22)21-9-18(20-13-29-31(3)14-20)15-32-23(21)19(10-25)12-30-32/h4-6,9,11-16H,1,7-8H2,2-3H3,(H,26,28)(H,27,33). The van der Waals surface area contributed by atoms with Crippen molar-refractivity contribution < 1.29 is 4.79 Å². The molecule has 9 heteroatoms. The van der Waals surface area contributed by atoms with Crippen molar-refractivity contribution in [2.75, 3.05) is 18.4 Å². The van der Waals surface area contributed by atoms with Gasteiger partial charge in [-0.3, -0.25) is 9.48 Å². The molecule has 1 unspecified atom stereocenters. The van der Waals surface area contributed by atoms with Crippen molar-refractivity contribution in [3.63, 3.8) is 0 Å². The molecule has 0 aliphatic heterocycles. The van der Waals surface area contributed by atoms with Gasteiger partial charge >= 0.3 is 0 Å². The van der Waals surface area contributed by atoms with Gasteiger partial charge in [0.25, 0.3) is 0 Å². The minimum atomic E-state index is -0.219. The van der Waals surface area contributed by atoms with Crippen LogP contribution in [0.4, 0.5) is 5.82 Å². The Kier molecular flexibility index (Phi) is 6.17. The van der Waals surface area contributed by atoms with E-state index in [9.17, 15) is 10.1 Å². The van der Waals surface area contributed by atoms with Crippen LogP contribution in [-0.2, 0) is 11.8 Å². The third kappa shape index (κ3) is 4.60. The van der Waals surface area contributed by atoms with Crippen LogP contribution in [0.15, 0.2) is 61.8 Å². The minimum absolute atomic E-state index is 0.0540. The first-order valence-electron chi connectivity index (χ1n) is 10.5. The number of anilines is 1. The van der Waals surface area contributed by atoms with E-state index < -0.39 is 0 Å². The summed E-state index contributed by atoms with van der Waals surface area (Å²) in [5.41, 5.74) is 4.83. The molecule has 33 heavy (non-hydrogen) atoms. The van der Waals surface area contributed by atoms with Crippen LogP contribution in [0, 0.1) is 17.2 Å². The molecule has 1 atom stereocenters. The highest BCUT2D eigenvalue weighted by Crippen LogP contribution is 2.31. The second-order valence-electron chi connectivity index (χ2n) is 7.68. The number of carbonyl (C=O) groups excluding carboxylic acids is 1. The first-order chi connectivity index (χ1) is 16.0. The number of nitrogens with zero attached hydrogens (tertiary/aromatic N) is 6. The molecule has 0 aliphatic carbocycles. The van der Waals surface area contributed by atoms with E-state index in [-0.39, 0.29) is 11.8 Å². The van der Waals surface area contributed by atoms with Crippen molar-refractivity contribution in [2.45, 2.75) is 6.92 Å².